The Labute approximate surface area is 157 Å². The lowest BCUT2D eigenvalue weighted by Gasteiger charge is -2.33. The number of fused-ring (bicyclic) bond motifs is 1. The fraction of sp³-hybridized carbons (Fsp3) is 0.350. The van der Waals surface area contributed by atoms with Gasteiger partial charge < -0.3 is 15.0 Å². The minimum Gasteiger partial charge on any atom is -0.379 e. The van der Waals surface area contributed by atoms with Gasteiger partial charge in [0.1, 0.15) is 11.9 Å². The Balaban J connectivity index is 1.51. The van der Waals surface area contributed by atoms with Crippen LogP contribution in [0.1, 0.15) is 23.0 Å². The van der Waals surface area contributed by atoms with Crippen LogP contribution < -0.4 is 5.32 Å². The molecular formula is C20H23N5O2. The molecule has 1 aromatic carbocycles. The highest BCUT2D eigenvalue weighted by Crippen LogP contribution is 2.22. The summed E-state index contributed by atoms with van der Waals surface area (Å²) in [4.78, 5) is 27.2. The van der Waals surface area contributed by atoms with Crippen LogP contribution in [0.4, 0.5) is 0 Å². The number of hydrogen-bond acceptors (Lipinski definition) is 5. The van der Waals surface area contributed by atoms with Gasteiger partial charge in [0.05, 0.1) is 30.8 Å². The number of carbonyl (C=O) groups is 1. The zero-order chi connectivity index (χ0) is 18.6. The molecule has 0 bridgehead atoms. The van der Waals surface area contributed by atoms with Crippen LogP contribution in [0.25, 0.3) is 11.0 Å². The van der Waals surface area contributed by atoms with Gasteiger partial charge in [-0.2, -0.15) is 0 Å². The van der Waals surface area contributed by atoms with Crippen molar-refractivity contribution in [1.82, 2.24) is 25.2 Å². The van der Waals surface area contributed by atoms with Crippen molar-refractivity contribution < 1.29 is 9.53 Å². The maximum absolute atomic E-state index is 13.0. The van der Waals surface area contributed by atoms with Crippen molar-refractivity contribution in [2.24, 2.45) is 0 Å². The molecule has 7 nitrogen and oxygen atoms in total. The Bertz CT molecular complexity index is 919. The van der Waals surface area contributed by atoms with Gasteiger partial charge in [-0.3, -0.25) is 14.7 Å². The first-order valence-corrected chi connectivity index (χ1v) is 9.16. The fourth-order valence-electron chi connectivity index (χ4n) is 3.48. The van der Waals surface area contributed by atoms with E-state index in [1.165, 1.54) is 0 Å². The molecule has 0 saturated carbocycles. The molecule has 1 atom stereocenters. The van der Waals surface area contributed by atoms with Crippen molar-refractivity contribution in [3.8, 4) is 0 Å². The second-order valence-electron chi connectivity index (χ2n) is 6.71. The number of nitrogens with zero attached hydrogens (tertiary/aromatic N) is 3. The smallest absolute Gasteiger partial charge is 0.242 e. The first-order valence-electron chi connectivity index (χ1n) is 9.16. The topological polar surface area (TPSA) is 83.1 Å². The average molecular weight is 365 g/mol. The highest BCUT2D eigenvalue weighted by molar-refractivity contribution is 5.83. The summed E-state index contributed by atoms with van der Waals surface area (Å²) >= 11 is 0. The summed E-state index contributed by atoms with van der Waals surface area (Å²) in [6.45, 7) is 5.09. The third-order valence-electron chi connectivity index (χ3n) is 4.85. The minimum absolute atomic E-state index is 0.0536. The summed E-state index contributed by atoms with van der Waals surface area (Å²) in [5.41, 5.74) is 3.93. The third kappa shape index (κ3) is 3.84. The number of nitrogens with one attached hydrogen (secondary N) is 2. The van der Waals surface area contributed by atoms with E-state index < -0.39 is 0 Å². The van der Waals surface area contributed by atoms with Crippen LogP contribution in [0.3, 0.4) is 0 Å². The third-order valence-corrected chi connectivity index (χ3v) is 4.85. The molecule has 1 amide bonds. The lowest BCUT2D eigenvalue weighted by atomic mass is 10.1. The van der Waals surface area contributed by atoms with Gasteiger partial charge in [-0.1, -0.05) is 18.2 Å². The maximum Gasteiger partial charge on any atom is 0.242 e. The first-order chi connectivity index (χ1) is 13.2. The molecule has 3 heterocycles. The summed E-state index contributed by atoms with van der Waals surface area (Å²) in [6.07, 6.45) is 3.47. The van der Waals surface area contributed by atoms with Crippen molar-refractivity contribution >= 4 is 16.9 Å². The van der Waals surface area contributed by atoms with Crippen LogP contribution in [-0.2, 0) is 16.1 Å². The molecule has 3 aromatic rings. The number of aryl methyl sites for hydroxylation is 1. The summed E-state index contributed by atoms with van der Waals surface area (Å²) in [6, 6.07) is 9.44. The molecule has 7 heteroatoms. The second kappa shape index (κ2) is 7.85. The molecule has 1 fully saturated rings. The van der Waals surface area contributed by atoms with Crippen LogP contribution in [0, 0.1) is 6.92 Å². The summed E-state index contributed by atoms with van der Waals surface area (Å²) in [5.74, 6) is 0.696. The van der Waals surface area contributed by atoms with Gasteiger partial charge in [0.25, 0.3) is 0 Å². The molecule has 1 aliphatic rings. The largest absolute Gasteiger partial charge is 0.379 e. The lowest BCUT2D eigenvalue weighted by Crippen LogP contribution is -2.45. The van der Waals surface area contributed by atoms with E-state index in [1.807, 2.05) is 37.3 Å². The molecule has 2 aromatic heterocycles. The van der Waals surface area contributed by atoms with E-state index in [2.05, 4.69) is 25.2 Å². The Kier molecular flexibility index (Phi) is 5.13. The zero-order valence-corrected chi connectivity index (χ0v) is 15.3. The quantitative estimate of drug-likeness (QED) is 0.722. The van der Waals surface area contributed by atoms with E-state index in [0.29, 0.717) is 19.8 Å². The minimum atomic E-state index is -0.381. The molecule has 140 valence electrons. The van der Waals surface area contributed by atoms with Crippen LogP contribution in [0.2, 0.25) is 0 Å². The first kappa shape index (κ1) is 17.6. The van der Waals surface area contributed by atoms with Crippen LogP contribution in [0.5, 0.6) is 0 Å². The number of hydrogen-bond donors (Lipinski definition) is 2. The summed E-state index contributed by atoms with van der Waals surface area (Å²) in [5, 5.41) is 3.03. The van der Waals surface area contributed by atoms with Crippen molar-refractivity contribution in [3.63, 3.8) is 0 Å². The normalized spacial score (nSPS) is 16.3. The van der Waals surface area contributed by atoms with Crippen molar-refractivity contribution in [3.05, 3.63) is 59.7 Å². The molecule has 27 heavy (non-hydrogen) atoms. The summed E-state index contributed by atoms with van der Waals surface area (Å²) < 4.78 is 5.44. The Morgan fingerprint density at radius 3 is 2.89 bits per heavy atom. The lowest BCUT2D eigenvalue weighted by molar-refractivity contribution is -0.128. The molecule has 1 saturated heterocycles. The van der Waals surface area contributed by atoms with E-state index in [-0.39, 0.29) is 11.9 Å². The monoisotopic (exact) mass is 365 g/mol. The average Bonchev–Trinajstić information content (AvgIpc) is 3.13. The van der Waals surface area contributed by atoms with E-state index in [9.17, 15) is 4.79 Å². The number of rotatable bonds is 5. The number of pyridine rings is 1. The zero-order valence-electron chi connectivity index (χ0n) is 15.3. The highest BCUT2D eigenvalue weighted by atomic mass is 16.5. The molecule has 4 rings (SSSR count). The SMILES string of the molecule is Cc1cccc2[nH]c(CNC(=O)[C@@H](c3cccnc3)N3CCOCC3)nc12. The fourth-order valence-corrected chi connectivity index (χ4v) is 3.48. The molecular weight excluding hydrogens is 342 g/mol. The maximum atomic E-state index is 13.0. The van der Waals surface area contributed by atoms with Crippen molar-refractivity contribution in [2.45, 2.75) is 19.5 Å². The number of amides is 1. The van der Waals surface area contributed by atoms with Gasteiger partial charge >= 0.3 is 0 Å². The number of imidazole rings is 1. The molecule has 0 radical (unpaired) electrons. The van der Waals surface area contributed by atoms with Gasteiger partial charge in [0.15, 0.2) is 0 Å². The van der Waals surface area contributed by atoms with Gasteiger partial charge in [-0.05, 0) is 30.2 Å². The predicted octanol–water partition coefficient (Wildman–Crippen LogP) is 1.96. The highest BCUT2D eigenvalue weighted by Gasteiger charge is 2.29. The Morgan fingerprint density at radius 1 is 1.30 bits per heavy atom. The van der Waals surface area contributed by atoms with Crippen molar-refractivity contribution in [2.75, 3.05) is 26.3 Å². The summed E-state index contributed by atoms with van der Waals surface area (Å²) in [7, 11) is 0. The number of H-pyrrole nitrogens is 1. The number of para-hydroxylation sites is 1. The van der Waals surface area contributed by atoms with Gasteiger partial charge in [-0.25, -0.2) is 4.98 Å². The number of ether oxygens (including phenoxy) is 1. The number of carbonyl (C=O) groups excluding carboxylic acids is 1. The van der Waals surface area contributed by atoms with Crippen LogP contribution in [0.15, 0.2) is 42.7 Å². The van der Waals surface area contributed by atoms with Gasteiger partial charge in [-0.15, -0.1) is 0 Å². The van der Waals surface area contributed by atoms with E-state index in [4.69, 9.17) is 4.74 Å². The van der Waals surface area contributed by atoms with E-state index in [1.54, 1.807) is 12.4 Å². The van der Waals surface area contributed by atoms with Crippen LogP contribution >= 0.6 is 0 Å². The predicted molar refractivity (Wildman–Crippen MR) is 102 cm³/mol. The van der Waals surface area contributed by atoms with Crippen LogP contribution in [-0.4, -0.2) is 52.1 Å². The Hall–Kier alpha value is -2.77. The second-order valence-corrected chi connectivity index (χ2v) is 6.71. The Morgan fingerprint density at radius 2 is 2.15 bits per heavy atom. The molecule has 0 spiro atoms. The number of morpholine rings is 1. The molecule has 2 N–H and O–H groups in total. The van der Waals surface area contributed by atoms with Gasteiger partial charge in [0.2, 0.25) is 5.91 Å². The molecule has 1 aliphatic heterocycles. The number of aromatic amines is 1. The number of benzene rings is 1. The molecule has 0 aliphatic carbocycles. The van der Waals surface area contributed by atoms with E-state index in [0.717, 1.165) is 41.1 Å². The van der Waals surface area contributed by atoms with Gasteiger partial charge in [0, 0.05) is 25.5 Å². The van der Waals surface area contributed by atoms with Crippen molar-refractivity contribution in [1.29, 1.82) is 0 Å². The standard InChI is InChI=1S/C20H23N5O2/c1-14-4-2-6-16-18(14)24-17(23-16)13-22-20(26)19(15-5-3-7-21-12-15)25-8-10-27-11-9-25/h2-7,12,19H,8-11,13H2,1H3,(H,22,26)(H,23,24)/t19-/m1/s1. The van der Waals surface area contributed by atoms with E-state index >= 15 is 0 Å². The molecule has 0 unspecified atom stereocenters. The number of aromatic nitrogens is 3.